The summed E-state index contributed by atoms with van der Waals surface area (Å²) >= 11 is 0. The maximum absolute atomic E-state index is 12.2. The molecule has 0 radical (unpaired) electrons. The van der Waals surface area contributed by atoms with Crippen LogP contribution in [0.25, 0.3) is 0 Å². The van der Waals surface area contributed by atoms with Crippen molar-refractivity contribution in [2.75, 3.05) is 6.61 Å². The standard InChI is InChI=1S/C16H25NO3/c1-4-13(9-10-18)17-16(19)15(5-2)20-14-8-6-7-12(3)11-14/h6-8,11,13,15,18H,4-5,9-10H2,1-3H3,(H,17,19). The smallest absolute Gasteiger partial charge is 0.261 e. The number of aliphatic hydroxyl groups is 1. The number of carbonyl (C=O) groups excluding carboxylic acids is 1. The Labute approximate surface area is 121 Å². The average Bonchev–Trinajstić information content (AvgIpc) is 2.44. The number of aliphatic hydroxyl groups excluding tert-OH is 1. The number of ether oxygens (including phenoxy) is 1. The molecule has 2 atom stereocenters. The molecule has 0 saturated carbocycles. The first-order chi connectivity index (χ1) is 9.60. The minimum absolute atomic E-state index is 0.00246. The molecule has 2 N–H and O–H groups in total. The van der Waals surface area contributed by atoms with Gasteiger partial charge in [-0.2, -0.15) is 0 Å². The van der Waals surface area contributed by atoms with Gasteiger partial charge in [-0.15, -0.1) is 0 Å². The lowest BCUT2D eigenvalue weighted by atomic mass is 10.1. The molecule has 0 aliphatic heterocycles. The van der Waals surface area contributed by atoms with E-state index in [4.69, 9.17) is 9.84 Å². The van der Waals surface area contributed by atoms with E-state index in [1.165, 1.54) is 0 Å². The van der Waals surface area contributed by atoms with E-state index >= 15 is 0 Å². The Morgan fingerprint density at radius 2 is 2.10 bits per heavy atom. The summed E-state index contributed by atoms with van der Waals surface area (Å²) in [5.41, 5.74) is 1.10. The van der Waals surface area contributed by atoms with Gasteiger partial charge in [0.1, 0.15) is 5.75 Å². The largest absolute Gasteiger partial charge is 0.481 e. The van der Waals surface area contributed by atoms with Gasteiger partial charge in [-0.05, 0) is 43.9 Å². The van der Waals surface area contributed by atoms with Crippen molar-refractivity contribution >= 4 is 5.91 Å². The van der Waals surface area contributed by atoms with Crippen LogP contribution in [0.3, 0.4) is 0 Å². The zero-order valence-electron chi connectivity index (χ0n) is 12.6. The number of rotatable bonds is 8. The highest BCUT2D eigenvalue weighted by Crippen LogP contribution is 2.15. The van der Waals surface area contributed by atoms with Gasteiger partial charge < -0.3 is 15.2 Å². The van der Waals surface area contributed by atoms with Crippen LogP contribution in [-0.4, -0.2) is 29.8 Å². The Bertz CT molecular complexity index is 420. The van der Waals surface area contributed by atoms with Crippen LogP contribution in [-0.2, 0) is 4.79 Å². The lowest BCUT2D eigenvalue weighted by Crippen LogP contribution is -2.43. The molecule has 1 amide bonds. The SMILES string of the molecule is CCC(CCO)NC(=O)C(CC)Oc1cccc(C)c1. The highest BCUT2D eigenvalue weighted by atomic mass is 16.5. The summed E-state index contributed by atoms with van der Waals surface area (Å²) in [5.74, 6) is 0.594. The summed E-state index contributed by atoms with van der Waals surface area (Å²) < 4.78 is 5.76. The fraction of sp³-hybridized carbons (Fsp3) is 0.562. The molecule has 0 saturated heterocycles. The highest BCUT2D eigenvalue weighted by Gasteiger charge is 2.20. The predicted octanol–water partition coefficient (Wildman–Crippen LogP) is 2.43. The Balaban J connectivity index is 2.63. The maximum atomic E-state index is 12.2. The molecule has 0 fully saturated rings. The van der Waals surface area contributed by atoms with Gasteiger partial charge in [0.15, 0.2) is 6.10 Å². The first-order valence-corrected chi connectivity index (χ1v) is 7.25. The van der Waals surface area contributed by atoms with E-state index in [1.807, 2.05) is 45.0 Å². The molecule has 4 heteroatoms. The number of hydrogen-bond donors (Lipinski definition) is 2. The quantitative estimate of drug-likeness (QED) is 0.768. The molecule has 0 bridgehead atoms. The Kier molecular flexibility index (Phi) is 7.09. The van der Waals surface area contributed by atoms with Crippen molar-refractivity contribution in [1.29, 1.82) is 0 Å². The van der Waals surface area contributed by atoms with Gasteiger partial charge in [-0.1, -0.05) is 26.0 Å². The molecular formula is C16H25NO3. The molecule has 112 valence electrons. The van der Waals surface area contributed by atoms with Crippen LogP contribution in [0.1, 0.15) is 38.7 Å². The molecule has 2 unspecified atom stereocenters. The van der Waals surface area contributed by atoms with Crippen molar-refractivity contribution < 1.29 is 14.6 Å². The van der Waals surface area contributed by atoms with E-state index in [9.17, 15) is 4.79 Å². The van der Waals surface area contributed by atoms with Crippen LogP contribution >= 0.6 is 0 Å². The molecule has 20 heavy (non-hydrogen) atoms. The van der Waals surface area contributed by atoms with Crippen LogP contribution < -0.4 is 10.1 Å². The zero-order chi connectivity index (χ0) is 15.0. The van der Waals surface area contributed by atoms with Crippen LogP contribution in [0.2, 0.25) is 0 Å². The second-order valence-corrected chi connectivity index (χ2v) is 4.96. The number of aryl methyl sites for hydroxylation is 1. The van der Waals surface area contributed by atoms with Crippen molar-refractivity contribution in [3.05, 3.63) is 29.8 Å². The summed E-state index contributed by atoms with van der Waals surface area (Å²) in [6.45, 7) is 5.98. The fourth-order valence-electron chi connectivity index (χ4n) is 2.00. The third kappa shape index (κ3) is 5.21. The molecule has 0 aliphatic rings. The van der Waals surface area contributed by atoms with Crippen molar-refractivity contribution in [2.24, 2.45) is 0 Å². The Hall–Kier alpha value is -1.55. The zero-order valence-corrected chi connectivity index (χ0v) is 12.6. The molecular weight excluding hydrogens is 254 g/mol. The summed E-state index contributed by atoms with van der Waals surface area (Å²) in [6, 6.07) is 7.68. The van der Waals surface area contributed by atoms with E-state index in [0.29, 0.717) is 18.6 Å². The van der Waals surface area contributed by atoms with Crippen LogP contribution in [0, 0.1) is 6.92 Å². The fourth-order valence-corrected chi connectivity index (χ4v) is 2.00. The minimum Gasteiger partial charge on any atom is -0.481 e. The normalized spacial score (nSPS) is 13.6. The van der Waals surface area contributed by atoms with Gasteiger partial charge in [0.25, 0.3) is 5.91 Å². The minimum atomic E-state index is -0.496. The average molecular weight is 279 g/mol. The van der Waals surface area contributed by atoms with E-state index in [1.54, 1.807) is 0 Å². The number of hydrogen-bond acceptors (Lipinski definition) is 3. The van der Waals surface area contributed by atoms with Crippen molar-refractivity contribution in [2.45, 2.75) is 52.2 Å². The number of carbonyl (C=O) groups is 1. The molecule has 1 rings (SSSR count). The third-order valence-corrected chi connectivity index (χ3v) is 3.25. The molecule has 0 aliphatic carbocycles. The third-order valence-electron chi connectivity index (χ3n) is 3.25. The van der Waals surface area contributed by atoms with Gasteiger partial charge in [-0.25, -0.2) is 0 Å². The lowest BCUT2D eigenvalue weighted by molar-refractivity contribution is -0.129. The molecule has 0 spiro atoms. The van der Waals surface area contributed by atoms with Crippen molar-refractivity contribution in [1.82, 2.24) is 5.32 Å². The van der Waals surface area contributed by atoms with E-state index in [2.05, 4.69) is 5.32 Å². The van der Waals surface area contributed by atoms with Gasteiger partial charge in [0, 0.05) is 12.6 Å². The maximum Gasteiger partial charge on any atom is 0.261 e. The number of amides is 1. The number of benzene rings is 1. The summed E-state index contributed by atoms with van der Waals surface area (Å²) in [7, 11) is 0. The predicted molar refractivity (Wildman–Crippen MR) is 79.8 cm³/mol. The van der Waals surface area contributed by atoms with Crippen LogP contribution in [0.4, 0.5) is 0 Å². The molecule has 1 aromatic rings. The monoisotopic (exact) mass is 279 g/mol. The first-order valence-electron chi connectivity index (χ1n) is 7.25. The topological polar surface area (TPSA) is 58.6 Å². The molecule has 1 aromatic carbocycles. The van der Waals surface area contributed by atoms with Crippen LogP contribution in [0.5, 0.6) is 5.75 Å². The molecule has 0 aromatic heterocycles. The van der Waals surface area contributed by atoms with Gasteiger partial charge in [-0.3, -0.25) is 4.79 Å². The molecule has 0 heterocycles. The second-order valence-electron chi connectivity index (χ2n) is 4.96. The van der Waals surface area contributed by atoms with E-state index in [0.717, 1.165) is 12.0 Å². The van der Waals surface area contributed by atoms with E-state index in [-0.39, 0.29) is 18.6 Å². The Morgan fingerprint density at radius 1 is 1.35 bits per heavy atom. The second kappa shape index (κ2) is 8.59. The first kappa shape index (κ1) is 16.5. The number of nitrogens with one attached hydrogen (secondary N) is 1. The van der Waals surface area contributed by atoms with Crippen molar-refractivity contribution in [3.63, 3.8) is 0 Å². The van der Waals surface area contributed by atoms with Gasteiger partial charge in [0.05, 0.1) is 0 Å². The van der Waals surface area contributed by atoms with Gasteiger partial charge in [0.2, 0.25) is 0 Å². The Morgan fingerprint density at radius 3 is 2.65 bits per heavy atom. The van der Waals surface area contributed by atoms with Crippen molar-refractivity contribution in [3.8, 4) is 5.75 Å². The summed E-state index contributed by atoms with van der Waals surface area (Å²) in [4.78, 5) is 12.2. The highest BCUT2D eigenvalue weighted by molar-refractivity contribution is 5.81. The summed E-state index contributed by atoms with van der Waals surface area (Å²) in [5, 5.41) is 11.9. The van der Waals surface area contributed by atoms with Gasteiger partial charge >= 0.3 is 0 Å². The van der Waals surface area contributed by atoms with Crippen LogP contribution in [0.15, 0.2) is 24.3 Å². The van der Waals surface area contributed by atoms with E-state index < -0.39 is 6.10 Å². The lowest BCUT2D eigenvalue weighted by Gasteiger charge is -2.21. The summed E-state index contributed by atoms with van der Waals surface area (Å²) in [6.07, 6.45) is 1.48. The molecule has 4 nitrogen and oxygen atoms in total.